The van der Waals surface area contributed by atoms with Crippen LogP contribution in [0.15, 0.2) is 61.2 Å². The summed E-state index contributed by atoms with van der Waals surface area (Å²) in [6, 6.07) is 6.22. The summed E-state index contributed by atoms with van der Waals surface area (Å²) in [4.78, 5) is 0. The van der Waals surface area contributed by atoms with Crippen LogP contribution in [-0.4, -0.2) is 5.71 Å². The Kier molecular flexibility index (Phi) is 6.61. The molecule has 110 valence electrons. The summed E-state index contributed by atoms with van der Waals surface area (Å²) in [6.07, 6.45) is 9.54. The van der Waals surface area contributed by atoms with Crippen molar-refractivity contribution in [1.82, 2.24) is 0 Å². The molecule has 0 atom stereocenters. The van der Waals surface area contributed by atoms with E-state index in [0.29, 0.717) is 5.71 Å². The van der Waals surface area contributed by atoms with Crippen LogP contribution in [0, 0.1) is 12.3 Å². The number of nitrogens with one attached hydrogen (secondary N) is 1. The van der Waals surface area contributed by atoms with Crippen molar-refractivity contribution < 1.29 is 0 Å². The number of hydrogen-bond donors (Lipinski definition) is 1. The Morgan fingerprint density at radius 2 is 2.00 bits per heavy atom. The first-order valence-corrected chi connectivity index (χ1v) is 7.28. The highest BCUT2D eigenvalue weighted by Crippen LogP contribution is 2.22. The van der Waals surface area contributed by atoms with Crippen molar-refractivity contribution in [2.24, 2.45) is 0 Å². The number of benzene rings is 1. The summed E-state index contributed by atoms with van der Waals surface area (Å²) in [6.45, 7) is 13.8. The summed E-state index contributed by atoms with van der Waals surface area (Å²) in [5.74, 6) is 0. The van der Waals surface area contributed by atoms with E-state index in [0.717, 1.165) is 29.6 Å². The van der Waals surface area contributed by atoms with Crippen molar-refractivity contribution in [3.8, 4) is 0 Å². The van der Waals surface area contributed by atoms with Gasteiger partial charge in [-0.05, 0) is 61.9 Å². The van der Waals surface area contributed by atoms with Gasteiger partial charge in [0.1, 0.15) is 0 Å². The van der Waals surface area contributed by atoms with Crippen LogP contribution in [-0.2, 0) is 0 Å². The number of rotatable bonds is 7. The SMILES string of the molecule is C=C/C=C(\C=C/C)c1ccc(C(=N)CCC(=C)C)cc1C. The van der Waals surface area contributed by atoms with Gasteiger partial charge in [0.2, 0.25) is 0 Å². The van der Waals surface area contributed by atoms with Crippen molar-refractivity contribution >= 4 is 11.3 Å². The highest BCUT2D eigenvalue weighted by Gasteiger charge is 2.06. The van der Waals surface area contributed by atoms with E-state index >= 15 is 0 Å². The average molecular weight is 279 g/mol. The van der Waals surface area contributed by atoms with Crippen molar-refractivity contribution in [3.63, 3.8) is 0 Å². The lowest BCUT2D eigenvalue weighted by atomic mass is 9.95. The van der Waals surface area contributed by atoms with E-state index in [-0.39, 0.29) is 0 Å². The molecule has 1 aromatic rings. The largest absolute Gasteiger partial charge is 0.305 e. The summed E-state index contributed by atoms with van der Waals surface area (Å²) in [5.41, 5.74) is 6.30. The lowest BCUT2D eigenvalue weighted by Gasteiger charge is -2.10. The monoisotopic (exact) mass is 279 g/mol. The van der Waals surface area contributed by atoms with Gasteiger partial charge in [-0.1, -0.05) is 48.6 Å². The Morgan fingerprint density at radius 1 is 1.29 bits per heavy atom. The summed E-state index contributed by atoms with van der Waals surface area (Å²) in [7, 11) is 0. The zero-order chi connectivity index (χ0) is 15.8. The average Bonchev–Trinajstić information content (AvgIpc) is 2.44. The molecule has 1 aromatic carbocycles. The molecule has 0 fully saturated rings. The number of hydrogen-bond acceptors (Lipinski definition) is 1. The smallest absolute Gasteiger partial charge is 0.0389 e. The van der Waals surface area contributed by atoms with Crippen LogP contribution in [0.1, 0.15) is 43.4 Å². The highest BCUT2D eigenvalue weighted by atomic mass is 14.4. The van der Waals surface area contributed by atoms with Crippen LogP contribution < -0.4 is 0 Å². The molecule has 0 aliphatic carbocycles. The van der Waals surface area contributed by atoms with Crippen LogP contribution in [0.5, 0.6) is 0 Å². The third kappa shape index (κ3) is 5.03. The van der Waals surface area contributed by atoms with Crippen molar-refractivity contribution in [1.29, 1.82) is 5.41 Å². The minimum Gasteiger partial charge on any atom is -0.305 e. The molecule has 0 aliphatic heterocycles. The first kappa shape index (κ1) is 16.9. The predicted molar refractivity (Wildman–Crippen MR) is 95.0 cm³/mol. The molecule has 0 amide bonds. The molecule has 0 aliphatic rings. The van der Waals surface area contributed by atoms with Crippen LogP contribution in [0.4, 0.5) is 0 Å². The number of allylic oxidation sites excluding steroid dienone is 6. The van der Waals surface area contributed by atoms with Crippen LogP contribution >= 0.6 is 0 Å². The van der Waals surface area contributed by atoms with E-state index < -0.39 is 0 Å². The fraction of sp³-hybridized carbons (Fsp3) is 0.250. The lowest BCUT2D eigenvalue weighted by molar-refractivity contribution is 1.01. The van der Waals surface area contributed by atoms with Crippen LogP contribution in [0.2, 0.25) is 0 Å². The third-order valence-corrected chi connectivity index (χ3v) is 3.33. The molecule has 0 radical (unpaired) electrons. The molecular formula is C20H25N. The first-order valence-electron chi connectivity index (χ1n) is 7.28. The zero-order valence-corrected chi connectivity index (χ0v) is 13.4. The minimum absolute atomic E-state index is 0.674. The van der Waals surface area contributed by atoms with E-state index in [1.807, 2.05) is 32.1 Å². The normalized spacial score (nSPS) is 11.7. The van der Waals surface area contributed by atoms with Crippen molar-refractivity contribution in [2.75, 3.05) is 0 Å². The highest BCUT2D eigenvalue weighted by molar-refractivity contribution is 5.99. The maximum absolute atomic E-state index is 8.17. The molecule has 0 heterocycles. The number of aryl methyl sites for hydroxylation is 1. The maximum Gasteiger partial charge on any atom is 0.0389 e. The van der Waals surface area contributed by atoms with Gasteiger partial charge >= 0.3 is 0 Å². The van der Waals surface area contributed by atoms with Crippen molar-refractivity contribution in [2.45, 2.75) is 33.6 Å². The molecule has 1 nitrogen and oxygen atoms in total. The van der Waals surface area contributed by atoms with Crippen LogP contribution in [0.25, 0.3) is 5.57 Å². The first-order chi connectivity index (χ1) is 9.99. The molecule has 1 heteroatoms. The molecule has 0 spiro atoms. The molecule has 1 N–H and O–H groups in total. The molecule has 0 saturated carbocycles. The van der Waals surface area contributed by atoms with Gasteiger partial charge in [0.05, 0.1) is 0 Å². The zero-order valence-electron chi connectivity index (χ0n) is 13.4. The predicted octanol–water partition coefficient (Wildman–Crippen LogP) is 5.86. The standard InChI is InChI=1S/C20H25N/c1-6-8-17(9-7-2)19-12-11-18(14-16(19)5)20(21)13-10-15(3)4/h6-9,11-12,14,21H,1,3,10,13H2,2,4-5H3/b9-7-,17-8+,21-20?. The van der Waals surface area contributed by atoms with Gasteiger partial charge in [-0.2, -0.15) is 0 Å². The lowest BCUT2D eigenvalue weighted by Crippen LogP contribution is -2.01. The van der Waals surface area contributed by atoms with Gasteiger partial charge in [0.15, 0.2) is 0 Å². The summed E-state index contributed by atoms with van der Waals surface area (Å²) >= 11 is 0. The summed E-state index contributed by atoms with van der Waals surface area (Å²) < 4.78 is 0. The molecule has 21 heavy (non-hydrogen) atoms. The van der Waals surface area contributed by atoms with Gasteiger partial charge < -0.3 is 5.41 Å². The fourth-order valence-corrected chi connectivity index (χ4v) is 2.20. The Balaban J connectivity index is 3.04. The van der Waals surface area contributed by atoms with E-state index in [2.05, 4.69) is 38.3 Å². The fourth-order valence-electron chi connectivity index (χ4n) is 2.20. The summed E-state index contributed by atoms with van der Waals surface area (Å²) in [5, 5.41) is 8.17. The van der Waals surface area contributed by atoms with Crippen molar-refractivity contribution in [3.05, 3.63) is 77.9 Å². The third-order valence-electron chi connectivity index (χ3n) is 3.33. The minimum atomic E-state index is 0.674. The van der Waals surface area contributed by atoms with Gasteiger partial charge in [-0.3, -0.25) is 0 Å². The Labute approximate surface area is 128 Å². The van der Waals surface area contributed by atoms with E-state index in [1.54, 1.807) is 6.08 Å². The van der Waals surface area contributed by atoms with Gasteiger partial charge in [-0.15, -0.1) is 6.58 Å². The Morgan fingerprint density at radius 3 is 2.52 bits per heavy atom. The molecule has 0 unspecified atom stereocenters. The van der Waals surface area contributed by atoms with E-state index in [1.165, 1.54) is 11.1 Å². The second-order valence-corrected chi connectivity index (χ2v) is 5.32. The molecule has 0 bridgehead atoms. The second kappa shape index (κ2) is 8.21. The topological polar surface area (TPSA) is 23.9 Å². The Bertz CT molecular complexity index is 600. The quantitative estimate of drug-likeness (QED) is 0.367. The van der Waals surface area contributed by atoms with Crippen LogP contribution in [0.3, 0.4) is 0 Å². The van der Waals surface area contributed by atoms with E-state index in [9.17, 15) is 0 Å². The maximum atomic E-state index is 8.17. The van der Waals surface area contributed by atoms with E-state index in [4.69, 9.17) is 5.41 Å². The Hall–Kier alpha value is -2.15. The van der Waals surface area contributed by atoms with Gasteiger partial charge in [0.25, 0.3) is 0 Å². The molecule has 0 saturated heterocycles. The van der Waals surface area contributed by atoms with Gasteiger partial charge in [0, 0.05) is 5.71 Å². The van der Waals surface area contributed by atoms with Gasteiger partial charge in [-0.25, -0.2) is 0 Å². The second-order valence-electron chi connectivity index (χ2n) is 5.32. The molecule has 1 rings (SSSR count). The molecule has 0 aromatic heterocycles. The molecular weight excluding hydrogens is 254 g/mol.